The lowest BCUT2D eigenvalue weighted by atomic mass is 10.2. The molecule has 7 heteroatoms. The van der Waals surface area contributed by atoms with Crippen LogP contribution in [0.5, 0.6) is 0 Å². The van der Waals surface area contributed by atoms with Gasteiger partial charge in [-0.1, -0.05) is 6.92 Å². The van der Waals surface area contributed by atoms with E-state index in [4.69, 9.17) is 0 Å². The molecule has 1 aliphatic rings. The third kappa shape index (κ3) is 4.57. The second-order valence-electron chi connectivity index (χ2n) is 5.24. The predicted molar refractivity (Wildman–Crippen MR) is 74.2 cm³/mol. The molecule has 2 rings (SSSR count). The first-order valence-corrected chi connectivity index (χ1v) is 7.07. The van der Waals surface area contributed by atoms with E-state index < -0.39 is 18.8 Å². The summed E-state index contributed by atoms with van der Waals surface area (Å²) in [5, 5.41) is 9.68. The fourth-order valence-corrected chi connectivity index (χ4v) is 2.41. The zero-order valence-electron chi connectivity index (χ0n) is 12.0. The number of pyridine rings is 1. The molecule has 1 N–H and O–H groups in total. The Morgan fingerprint density at radius 2 is 1.90 bits per heavy atom. The molecule has 1 aromatic rings. The molecule has 0 unspecified atom stereocenters. The van der Waals surface area contributed by atoms with Crippen molar-refractivity contribution in [2.75, 3.05) is 37.6 Å². The van der Waals surface area contributed by atoms with Gasteiger partial charge in [-0.15, -0.1) is 0 Å². The highest BCUT2D eigenvalue weighted by atomic mass is 19.4. The molecule has 4 nitrogen and oxygen atoms in total. The molecular formula is C14H20F3N3O. The average Bonchev–Trinajstić information content (AvgIpc) is 2.46. The van der Waals surface area contributed by atoms with Crippen molar-refractivity contribution in [3.05, 3.63) is 24.0 Å². The monoisotopic (exact) mass is 303 g/mol. The molecule has 0 amide bonds. The molecule has 1 atom stereocenters. The van der Waals surface area contributed by atoms with E-state index in [0.29, 0.717) is 38.3 Å². The average molecular weight is 303 g/mol. The van der Waals surface area contributed by atoms with Crippen LogP contribution < -0.4 is 4.90 Å². The van der Waals surface area contributed by atoms with Crippen LogP contribution in [0.4, 0.5) is 18.9 Å². The van der Waals surface area contributed by atoms with Gasteiger partial charge in [0.1, 0.15) is 0 Å². The van der Waals surface area contributed by atoms with Crippen LogP contribution in [-0.4, -0.2) is 53.9 Å². The van der Waals surface area contributed by atoms with Crippen molar-refractivity contribution >= 4 is 5.69 Å². The van der Waals surface area contributed by atoms with Crippen LogP contribution >= 0.6 is 0 Å². The minimum absolute atomic E-state index is 0.388. The standard InChI is InChI=1S/C14H20F3N3O/c1-2-13(21)12-4-3-11(9-18-12)20-7-5-19(6-8-20)10-14(15,16)17/h3-4,9,13,21H,2,5-8,10H2,1H3/t13-/m0/s1. The molecule has 0 saturated carbocycles. The number of halogens is 3. The minimum Gasteiger partial charge on any atom is -0.387 e. The third-order valence-electron chi connectivity index (χ3n) is 3.64. The maximum absolute atomic E-state index is 12.3. The van der Waals surface area contributed by atoms with E-state index in [1.807, 2.05) is 17.9 Å². The van der Waals surface area contributed by atoms with Crippen molar-refractivity contribution < 1.29 is 18.3 Å². The summed E-state index contributed by atoms with van der Waals surface area (Å²) in [5.41, 5.74) is 1.51. The first-order valence-electron chi connectivity index (χ1n) is 7.07. The van der Waals surface area contributed by atoms with Crippen molar-refractivity contribution in [2.45, 2.75) is 25.6 Å². The first-order chi connectivity index (χ1) is 9.89. The van der Waals surface area contributed by atoms with Crippen LogP contribution in [-0.2, 0) is 0 Å². The molecule has 0 spiro atoms. The molecule has 0 aromatic carbocycles. The van der Waals surface area contributed by atoms with E-state index in [9.17, 15) is 18.3 Å². The summed E-state index contributed by atoms with van der Waals surface area (Å²) in [6, 6.07) is 3.63. The van der Waals surface area contributed by atoms with Gasteiger partial charge in [-0.3, -0.25) is 9.88 Å². The Balaban J connectivity index is 1.90. The first kappa shape index (κ1) is 16.0. The van der Waals surface area contributed by atoms with E-state index in [0.717, 1.165) is 5.69 Å². The van der Waals surface area contributed by atoms with Gasteiger partial charge >= 0.3 is 6.18 Å². The summed E-state index contributed by atoms with van der Waals surface area (Å²) in [4.78, 5) is 7.65. The summed E-state index contributed by atoms with van der Waals surface area (Å²) < 4.78 is 37.0. The third-order valence-corrected chi connectivity index (χ3v) is 3.64. The molecule has 0 radical (unpaired) electrons. The molecule has 0 bridgehead atoms. The largest absolute Gasteiger partial charge is 0.401 e. The summed E-state index contributed by atoms with van der Waals surface area (Å²) in [7, 11) is 0. The van der Waals surface area contributed by atoms with Gasteiger partial charge in [0.05, 0.1) is 30.2 Å². The normalized spacial score (nSPS) is 18.8. The smallest absolute Gasteiger partial charge is 0.387 e. The van der Waals surface area contributed by atoms with Crippen LogP contribution in [0.15, 0.2) is 18.3 Å². The van der Waals surface area contributed by atoms with Crippen molar-refractivity contribution in [2.24, 2.45) is 0 Å². The highest BCUT2D eigenvalue weighted by molar-refractivity contribution is 5.45. The van der Waals surface area contributed by atoms with Gasteiger partial charge in [0.2, 0.25) is 0 Å². The second kappa shape index (κ2) is 6.62. The Labute approximate surface area is 122 Å². The molecule has 1 aromatic heterocycles. The fraction of sp³-hybridized carbons (Fsp3) is 0.643. The van der Waals surface area contributed by atoms with E-state index >= 15 is 0 Å². The maximum atomic E-state index is 12.3. The van der Waals surface area contributed by atoms with E-state index in [1.54, 1.807) is 12.3 Å². The molecule has 1 fully saturated rings. The molecule has 2 heterocycles. The zero-order valence-corrected chi connectivity index (χ0v) is 12.0. The van der Waals surface area contributed by atoms with Crippen LogP contribution in [0.3, 0.4) is 0 Å². The van der Waals surface area contributed by atoms with E-state index in [-0.39, 0.29) is 0 Å². The van der Waals surface area contributed by atoms with Gasteiger partial charge in [0, 0.05) is 26.2 Å². The number of piperazine rings is 1. The minimum atomic E-state index is -4.14. The molecule has 1 aliphatic heterocycles. The second-order valence-corrected chi connectivity index (χ2v) is 5.24. The van der Waals surface area contributed by atoms with Gasteiger partial charge in [-0.05, 0) is 18.6 Å². The SMILES string of the molecule is CC[C@H](O)c1ccc(N2CCN(CC(F)(F)F)CC2)cn1. The number of rotatable bonds is 4. The fourth-order valence-electron chi connectivity index (χ4n) is 2.41. The van der Waals surface area contributed by atoms with Crippen molar-refractivity contribution in [1.82, 2.24) is 9.88 Å². The summed E-state index contributed by atoms with van der Waals surface area (Å²) >= 11 is 0. The number of alkyl halides is 3. The van der Waals surface area contributed by atoms with Crippen molar-refractivity contribution in [3.8, 4) is 0 Å². The van der Waals surface area contributed by atoms with E-state index in [1.165, 1.54) is 4.90 Å². The summed E-state index contributed by atoms with van der Waals surface area (Å²) in [6.07, 6.45) is -2.43. The summed E-state index contributed by atoms with van der Waals surface area (Å²) in [6.45, 7) is 2.90. The van der Waals surface area contributed by atoms with Gasteiger partial charge in [-0.2, -0.15) is 13.2 Å². The Bertz CT molecular complexity index is 442. The highest BCUT2D eigenvalue weighted by Gasteiger charge is 2.32. The van der Waals surface area contributed by atoms with Gasteiger partial charge in [-0.25, -0.2) is 0 Å². The topological polar surface area (TPSA) is 39.6 Å². The van der Waals surface area contributed by atoms with E-state index in [2.05, 4.69) is 4.98 Å². The number of aromatic nitrogens is 1. The Hall–Kier alpha value is -1.34. The van der Waals surface area contributed by atoms with Crippen LogP contribution in [0.2, 0.25) is 0 Å². The van der Waals surface area contributed by atoms with Gasteiger partial charge in [0.25, 0.3) is 0 Å². The lowest BCUT2D eigenvalue weighted by Gasteiger charge is -2.36. The molecular weight excluding hydrogens is 283 g/mol. The van der Waals surface area contributed by atoms with Gasteiger partial charge < -0.3 is 10.0 Å². The predicted octanol–water partition coefficient (Wildman–Crippen LogP) is 2.21. The lowest BCUT2D eigenvalue weighted by molar-refractivity contribution is -0.146. The number of aliphatic hydroxyl groups excluding tert-OH is 1. The lowest BCUT2D eigenvalue weighted by Crippen LogP contribution is -2.49. The van der Waals surface area contributed by atoms with Crippen LogP contribution in [0, 0.1) is 0 Å². The molecule has 21 heavy (non-hydrogen) atoms. The number of anilines is 1. The Morgan fingerprint density at radius 1 is 1.24 bits per heavy atom. The van der Waals surface area contributed by atoms with Crippen molar-refractivity contribution in [1.29, 1.82) is 0 Å². The molecule has 1 saturated heterocycles. The van der Waals surface area contributed by atoms with Crippen LogP contribution in [0.1, 0.15) is 25.1 Å². The Morgan fingerprint density at radius 3 is 2.38 bits per heavy atom. The molecule has 0 aliphatic carbocycles. The summed E-state index contributed by atoms with van der Waals surface area (Å²) in [5.74, 6) is 0. The number of hydrogen-bond donors (Lipinski definition) is 1. The highest BCUT2D eigenvalue weighted by Crippen LogP contribution is 2.21. The van der Waals surface area contributed by atoms with Crippen LogP contribution in [0.25, 0.3) is 0 Å². The maximum Gasteiger partial charge on any atom is 0.401 e. The zero-order chi connectivity index (χ0) is 15.5. The quantitative estimate of drug-likeness (QED) is 0.926. The Kier molecular flexibility index (Phi) is 5.05. The van der Waals surface area contributed by atoms with Crippen molar-refractivity contribution in [3.63, 3.8) is 0 Å². The van der Waals surface area contributed by atoms with Gasteiger partial charge in [0.15, 0.2) is 0 Å². The molecule has 118 valence electrons. The number of nitrogens with zero attached hydrogens (tertiary/aromatic N) is 3. The number of hydrogen-bond acceptors (Lipinski definition) is 4. The number of aliphatic hydroxyl groups is 1.